The zero-order valence-corrected chi connectivity index (χ0v) is 14.5. The molecule has 0 atom stereocenters. The van der Waals surface area contributed by atoms with Gasteiger partial charge in [0.05, 0.1) is 16.7 Å². The first kappa shape index (κ1) is 18.7. The van der Waals surface area contributed by atoms with Gasteiger partial charge >= 0.3 is 6.18 Å². The summed E-state index contributed by atoms with van der Waals surface area (Å²) in [4.78, 5) is 3.60. The molecule has 0 bridgehead atoms. The second-order valence-electron chi connectivity index (χ2n) is 5.94. The van der Waals surface area contributed by atoms with E-state index in [1.54, 1.807) is 24.5 Å². The molecule has 0 amide bonds. The van der Waals surface area contributed by atoms with Crippen molar-refractivity contribution < 1.29 is 26.3 Å². The molecule has 140 valence electrons. The number of piperidine rings is 1. The summed E-state index contributed by atoms with van der Waals surface area (Å²) >= 11 is 0. The number of sulfonamides is 1. The fourth-order valence-corrected chi connectivity index (χ4v) is 4.30. The minimum absolute atomic E-state index is 0.160. The van der Waals surface area contributed by atoms with E-state index in [4.69, 9.17) is 4.74 Å². The quantitative estimate of drug-likeness (QED) is 0.809. The Balaban J connectivity index is 1.68. The molecule has 0 unspecified atom stereocenters. The van der Waals surface area contributed by atoms with Crippen LogP contribution in [0.2, 0.25) is 0 Å². The number of aromatic nitrogens is 1. The standard InChI is InChI=1S/C17H17F3N2O3S/c18-17(19,20)13-3-1-5-16(11-13)26(23,24)22-9-6-14(7-10-22)25-15-4-2-8-21-12-15/h1-5,8,11-12,14H,6-7,9-10H2. The maximum Gasteiger partial charge on any atom is 0.416 e. The smallest absolute Gasteiger partial charge is 0.416 e. The van der Waals surface area contributed by atoms with E-state index in [-0.39, 0.29) is 24.1 Å². The van der Waals surface area contributed by atoms with Crippen LogP contribution in [0.4, 0.5) is 13.2 Å². The Morgan fingerprint density at radius 2 is 1.85 bits per heavy atom. The normalized spacial score (nSPS) is 17.2. The minimum Gasteiger partial charge on any atom is -0.489 e. The van der Waals surface area contributed by atoms with Crippen LogP contribution in [0.15, 0.2) is 53.7 Å². The second kappa shape index (κ2) is 7.24. The van der Waals surface area contributed by atoms with E-state index in [0.29, 0.717) is 24.7 Å². The van der Waals surface area contributed by atoms with Crippen molar-refractivity contribution >= 4 is 10.0 Å². The van der Waals surface area contributed by atoms with Crippen molar-refractivity contribution in [3.05, 3.63) is 54.4 Å². The number of nitrogens with zero attached hydrogens (tertiary/aromatic N) is 2. The molecule has 2 heterocycles. The number of benzene rings is 1. The first-order valence-electron chi connectivity index (χ1n) is 8.01. The zero-order valence-electron chi connectivity index (χ0n) is 13.7. The van der Waals surface area contributed by atoms with Gasteiger partial charge in [-0.15, -0.1) is 0 Å². The fraction of sp³-hybridized carbons (Fsp3) is 0.353. The van der Waals surface area contributed by atoms with E-state index < -0.39 is 21.8 Å². The molecular formula is C17H17F3N2O3S. The summed E-state index contributed by atoms with van der Waals surface area (Å²) in [6.45, 7) is 0.368. The number of halogens is 3. The van der Waals surface area contributed by atoms with Crippen LogP contribution in [0.3, 0.4) is 0 Å². The van der Waals surface area contributed by atoms with Crippen molar-refractivity contribution in [3.8, 4) is 5.75 Å². The molecule has 0 saturated carbocycles. The van der Waals surface area contributed by atoms with Crippen LogP contribution in [0.1, 0.15) is 18.4 Å². The van der Waals surface area contributed by atoms with Gasteiger partial charge in [0.15, 0.2) is 0 Å². The van der Waals surface area contributed by atoms with Crippen molar-refractivity contribution in [1.82, 2.24) is 9.29 Å². The van der Waals surface area contributed by atoms with Crippen molar-refractivity contribution in [1.29, 1.82) is 0 Å². The monoisotopic (exact) mass is 386 g/mol. The lowest BCUT2D eigenvalue weighted by Gasteiger charge is -2.31. The molecule has 1 aromatic carbocycles. The van der Waals surface area contributed by atoms with Crippen LogP contribution in [-0.4, -0.2) is 36.9 Å². The Labute approximate surface area is 149 Å². The number of alkyl halides is 3. The Bertz CT molecular complexity index is 849. The van der Waals surface area contributed by atoms with Gasteiger partial charge in [0, 0.05) is 19.3 Å². The van der Waals surface area contributed by atoms with Crippen molar-refractivity contribution in [2.45, 2.75) is 30.0 Å². The maximum atomic E-state index is 12.8. The Kier molecular flexibility index (Phi) is 5.19. The van der Waals surface area contributed by atoms with Gasteiger partial charge in [0.2, 0.25) is 10.0 Å². The van der Waals surface area contributed by atoms with Gasteiger partial charge < -0.3 is 4.74 Å². The largest absolute Gasteiger partial charge is 0.489 e. The number of hydrogen-bond donors (Lipinski definition) is 0. The molecule has 0 N–H and O–H groups in total. The second-order valence-corrected chi connectivity index (χ2v) is 7.87. The highest BCUT2D eigenvalue weighted by molar-refractivity contribution is 7.89. The molecular weight excluding hydrogens is 369 g/mol. The van der Waals surface area contributed by atoms with Gasteiger partial charge in [-0.3, -0.25) is 4.98 Å². The molecule has 1 aromatic heterocycles. The van der Waals surface area contributed by atoms with Crippen LogP contribution in [-0.2, 0) is 16.2 Å². The van der Waals surface area contributed by atoms with Crippen LogP contribution < -0.4 is 4.74 Å². The summed E-state index contributed by atoms with van der Waals surface area (Å²) in [5, 5.41) is 0. The van der Waals surface area contributed by atoms with Gasteiger partial charge in [0.25, 0.3) is 0 Å². The average Bonchev–Trinajstić information content (AvgIpc) is 2.62. The van der Waals surface area contributed by atoms with Crippen molar-refractivity contribution in [3.63, 3.8) is 0 Å². The van der Waals surface area contributed by atoms with Crippen LogP contribution in [0.5, 0.6) is 5.75 Å². The summed E-state index contributed by atoms with van der Waals surface area (Å²) in [5.74, 6) is 0.603. The van der Waals surface area contributed by atoms with Crippen LogP contribution >= 0.6 is 0 Å². The molecule has 1 fully saturated rings. The first-order chi connectivity index (χ1) is 12.3. The number of rotatable bonds is 4. The van der Waals surface area contributed by atoms with Gasteiger partial charge in [0.1, 0.15) is 11.9 Å². The van der Waals surface area contributed by atoms with E-state index in [2.05, 4.69) is 4.98 Å². The summed E-state index contributed by atoms with van der Waals surface area (Å²) in [6.07, 6.45) is -0.647. The van der Waals surface area contributed by atoms with Gasteiger partial charge in [-0.2, -0.15) is 17.5 Å². The Hall–Kier alpha value is -2.13. The van der Waals surface area contributed by atoms with Gasteiger partial charge in [-0.25, -0.2) is 8.42 Å². The minimum atomic E-state index is -4.59. The lowest BCUT2D eigenvalue weighted by atomic mass is 10.1. The van der Waals surface area contributed by atoms with Crippen LogP contribution in [0.25, 0.3) is 0 Å². The van der Waals surface area contributed by atoms with Crippen molar-refractivity contribution in [2.75, 3.05) is 13.1 Å². The topological polar surface area (TPSA) is 59.5 Å². The highest BCUT2D eigenvalue weighted by Gasteiger charge is 2.34. The van der Waals surface area contributed by atoms with Gasteiger partial charge in [-0.1, -0.05) is 6.07 Å². The van der Waals surface area contributed by atoms with E-state index >= 15 is 0 Å². The predicted octanol–water partition coefficient (Wildman–Crippen LogP) is 3.33. The molecule has 26 heavy (non-hydrogen) atoms. The lowest BCUT2D eigenvalue weighted by Crippen LogP contribution is -2.41. The number of hydrogen-bond acceptors (Lipinski definition) is 4. The average molecular weight is 386 g/mol. The summed E-state index contributed by atoms with van der Waals surface area (Å²) in [7, 11) is -3.98. The highest BCUT2D eigenvalue weighted by Crippen LogP contribution is 2.31. The molecule has 5 nitrogen and oxygen atoms in total. The summed E-state index contributed by atoms with van der Waals surface area (Å²) < 4.78 is 70.7. The maximum absolute atomic E-state index is 12.8. The summed E-state index contributed by atoms with van der Waals surface area (Å²) in [6, 6.07) is 7.32. The molecule has 0 aliphatic carbocycles. The van der Waals surface area contributed by atoms with E-state index in [9.17, 15) is 21.6 Å². The van der Waals surface area contributed by atoms with E-state index in [0.717, 1.165) is 12.1 Å². The molecule has 0 spiro atoms. The molecule has 3 rings (SSSR count). The SMILES string of the molecule is O=S(=O)(c1cccc(C(F)(F)F)c1)N1CCC(Oc2cccnc2)CC1. The number of pyridine rings is 1. The zero-order chi connectivity index (χ0) is 18.8. The van der Waals surface area contributed by atoms with Crippen molar-refractivity contribution in [2.24, 2.45) is 0 Å². The highest BCUT2D eigenvalue weighted by atomic mass is 32.2. The molecule has 2 aromatic rings. The Morgan fingerprint density at radius 3 is 2.46 bits per heavy atom. The third kappa shape index (κ3) is 4.16. The lowest BCUT2D eigenvalue weighted by molar-refractivity contribution is -0.137. The van der Waals surface area contributed by atoms with E-state index in [1.165, 1.54) is 10.4 Å². The fourth-order valence-electron chi connectivity index (χ4n) is 2.78. The number of ether oxygens (including phenoxy) is 1. The molecule has 0 radical (unpaired) electrons. The van der Waals surface area contributed by atoms with E-state index in [1.807, 2.05) is 0 Å². The molecule has 9 heteroatoms. The van der Waals surface area contributed by atoms with Crippen LogP contribution in [0, 0.1) is 0 Å². The predicted molar refractivity (Wildman–Crippen MR) is 88.1 cm³/mol. The van der Waals surface area contributed by atoms with Gasteiger partial charge in [-0.05, 0) is 43.2 Å². The third-order valence-corrected chi connectivity index (χ3v) is 6.03. The third-order valence-electron chi connectivity index (χ3n) is 4.14. The summed E-state index contributed by atoms with van der Waals surface area (Å²) in [5.41, 5.74) is -0.978. The molecule has 1 aliphatic rings. The molecule has 1 aliphatic heterocycles. The Morgan fingerprint density at radius 1 is 1.12 bits per heavy atom. The molecule has 1 saturated heterocycles. The first-order valence-corrected chi connectivity index (χ1v) is 9.45.